The molecule has 0 fully saturated rings. The van der Waals surface area contributed by atoms with Crippen molar-refractivity contribution < 1.29 is 22.4 Å². The van der Waals surface area contributed by atoms with E-state index in [1.54, 1.807) is 6.08 Å². The molecule has 9 heteroatoms. The minimum Gasteiger partial charge on any atom is -0.491 e. The van der Waals surface area contributed by atoms with Gasteiger partial charge in [0.05, 0.1) is 18.9 Å². The second kappa shape index (κ2) is 8.50. The van der Waals surface area contributed by atoms with Crippen LogP contribution >= 0.6 is 11.8 Å². The lowest BCUT2D eigenvalue weighted by atomic mass is 10.1. The van der Waals surface area contributed by atoms with Crippen LogP contribution in [0.4, 0.5) is 0 Å². The summed E-state index contributed by atoms with van der Waals surface area (Å²) >= 11 is 0.875. The molecule has 0 radical (unpaired) electrons. The van der Waals surface area contributed by atoms with Gasteiger partial charge in [0.2, 0.25) is 4.38 Å². The first-order chi connectivity index (χ1) is 14.0. The molecule has 2 aromatic rings. The van der Waals surface area contributed by atoms with E-state index in [2.05, 4.69) is 9.98 Å². The zero-order valence-electron chi connectivity index (χ0n) is 15.3. The third-order valence-electron chi connectivity index (χ3n) is 4.21. The zero-order chi connectivity index (χ0) is 20.3. The Morgan fingerprint density at radius 1 is 1.03 bits per heavy atom. The van der Waals surface area contributed by atoms with E-state index in [-0.39, 0.29) is 4.38 Å². The van der Waals surface area contributed by atoms with Gasteiger partial charge in [-0.1, -0.05) is 30.3 Å². The molecule has 150 valence electrons. The highest BCUT2D eigenvalue weighted by molar-refractivity contribution is 8.41. The van der Waals surface area contributed by atoms with Crippen LogP contribution in [-0.2, 0) is 21.5 Å². The van der Waals surface area contributed by atoms with Crippen LogP contribution in [0.15, 0.2) is 70.7 Å². The van der Waals surface area contributed by atoms with E-state index < -0.39 is 16.2 Å². The van der Waals surface area contributed by atoms with Crippen LogP contribution in [0.3, 0.4) is 0 Å². The number of fused-ring (bicyclic) bond motifs is 1. The van der Waals surface area contributed by atoms with E-state index in [0.29, 0.717) is 30.6 Å². The number of ether oxygens (including phenoxy) is 2. The van der Waals surface area contributed by atoms with Gasteiger partial charge in [0.25, 0.3) is 0 Å². The molecule has 2 heterocycles. The van der Waals surface area contributed by atoms with Crippen LogP contribution in [0.2, 0.25) is 0 Å². The van der Waals surface area contributed by atoms with Crippen LogP contribution in [0.5, 0.6) is 5.75 Å². The molecule has 0 aliphatic carbocycles. The summed E-state index contributed by atoms with van der Waals surface area (Å²) in [4.78, 5) is 8.41. The first-order valence-corrected chi connectivity index (χ1v) is 11.1. The lowest BCUT2D eigenvalue weighted by Gasteiger charge is -2.08. The van der Waals surface area contributed by atoms with Gasteiger partial charge in [0.1, 0.15) is 23.4 Å². The molecular weight excluding hydrogens is 412 g/mol. The Labute approximate surface area is 172 Å². The molecule has 1 unspecified atom stereocenters. The highest BCUT2D eigenvalue weighted by Gasteiger charge is 2.34. The smallest absolute Gasteiger partial charge is 0.318 e. The minimum absolute atomic E-state index is 0.310. The van der Waals surface area contributed by atoms with Crippen LogP contribution in [-0.4, -0.2) is 41.6 Å². The molecule has 7 nitrogen and oxygen atoms in total. The van der Waals surface area contributed by atoms with Gasteiger partial charge >= 0.3 is 10.1 Å². The largest absolute Gasteiger partial charge is 0.491 e. The molecule has 1 N–H and O–H groups in total. The van der Waals surface area contributed by atoms with Gasteiger partial charge in [-0.25, -0.2) is 4.99 Å². The average Bonchev–Trinajstić information content (AvgIpc) is 3.28. The van der Waals surface area contributed by atoms with Gasteiger partial charge < -0.3 is 9.47 Å². The fourth-order valence-corrected chi connectivity index (χ4v) is 4.49. The number of benzene rings is 2. The van der Waals surface area contributed by atoms with Crippen molar-refractivity contribution in [3.63, 3.8) is 0 Å². The lowest BCUT2D eigenvalue weighted by molar-refractivity contribution is 0.0889. The number of hydrogen-bond acceptors (Lipinski definition) is 7. The lowest BCUT2D eigenvalue weighted by Crippen LogP contribution is -2.07. The third-order valence-corrected chi connectivity index (χ3v) is 6.47. The molecular formula is C20H18N2O5S2. The third kappa shape index (κ3) is 4.94. The number of aliphatic imine (C=N–C) groups is 2. The highest BCUT2D eigenvalue weighted by Crippen LogP contribution is 2.35. The van der Waals surface area contributed by atoms with Crippen molar-refractivity contribution in [2.45, 2.75) is 12.6 Å². The van der Waals surface area contributed by atoms with Crippen molar-refractivity contribution in [1.29, 1.82) is 0 Å². The van der Waals surface area contributed by atoms with Crippen molar-refractivity contribution in [3.8, 4) is 5.75 Å². The quantitative estimate of drug-likeness (QED) is 0.534. The summed E-state index contributed by atoms with van der Waals surface area (Å²) in [5, 5.41) is 0.545. The number of nitrogens with zero attached hydrogens (tertiary/aromatic N) is 2. The zero-order valence-corrected chi connectivity index (χ0v) is 16.9. The Hall–Kier alpha value is -2.46. The molecule has 0 spiro atoms. The summed E-state index contributed by atoms with van der Waals surface area (Å²) in [6, 6.07) is 17.0. The van der Waals surface area contributed by atoms with Gasteiger partial charge in [-0.05, 0) is 47.7 Å². The molecule has 29 heavy (non-hydrogen) atoms. The summed E-state index contributed by atoms with van der Waals surface area (Å²) in [6.45, 7) is 1.49. The van der Waals surface area contributed by atoms with Crippen LogP contribution < -0.4 is 4.74 Å². The summed E-state index contributed by atoms with van der Waals surface area (Å²) in [6.07, 6.45) is 1.77. The Morgan fingerprint density at radius 3 is 2.48 bits per heavy atom. The van der Waals surface area contributed by atoms with Crippen LogP contribution in [0, 0.1) is 0 Å². The summed E-state index contributed by atoms with van der Waals surface area (Å²) < 4.78 is 42.4. The predicted molar refractivity (Wildman–Crippen MR) is 114 cm³/mol. The van der Waals surface area contributed by atoms with Gasteiger partial charge in [-0.15, -0.1) is 0 Å². The molecule has 2 aliphatic rings. The molecule has 2 aliphatic heterocycles. The molecule has 4 rings (SSSR count). The summed E-state index contributed by atoms with van der Waals surface area (Å²) in [5.41, 5.74) is 2.72. The van der Waals surface area contributed by atoms with Crippen molar-refractivity contribution in [2.24, 2.45) is 9.98 Å². The SMILES string of the molecule is O=S(=O)(O)C1=NC2C=C(c3ccc(OCCOCc4ccccc4)cc3)N=C2S1. The molecule has 0 saturated heterocycles. The van der Waals surface area contributed by atoms with Gasteiger partial charge in [-0.3, -0.25) is 9.55 Å². The van der Waals surface area contributed by atoms with E-state index in [1.165, 1.54) is 0 Å². The second-order valence-electron chi connectivity index (χ2n) is 6.33. The number of hydrogen-bond donors (Lipinski definition) is 1. The highest BCUT2D eigenvalue weighted by atomic mass is 32.3. The number of thioether (sulfide) groups is 1. The van der Waals surface area contributed by atoms with E-state index in [9.17, 15) is 8.42 Å². The van der Waals surface area contributed by atoms with Gasteiger partial charge in [0.15, 0.2) is 0 Å². The van der Waals surface area contributed by atoms with Crippen LogP contribution in [0.1, 0.15) is 11.1 Å². The van der Waals surface area contributed by atoms with Crippen LogP contribution in [0.25, 0.3) is 5.70 Å². The fraction of sp³-hybridized carbons (Fsp3) is 0.200. The standard InChI is InChI=1S/C20H18N2O5S2/c23-29(24,25)20-22-18-12-17(21-19(18)28-20)15-6-8-16(9-7-15)27-11-10-26-13-14-4-2-1-3-5-14/h1-9,12,18H,10-11,13H2,(H,23,24,25). The van der Waals surface area contributed by atoms with Crippen molar-refractivity contribution in [1.82, 2.24) is 0 Å². The monoisotopic (exact) mass is 430 g/mol. The first-order valence-electron chi connectivity index (χ1n) is 8.87. The Balaban J connectivity index is 1.27. The summed E-state index contributed by atoms with van der Waals surface area (Å²) in [5.74, 6) is 0.726. The fourth-order valence-electron chi connectivity index (χ4n) is 2.83. The van der Waals surface area contributed by atoms with E-state index in [0.717, 1.165) is 28.6 Å². The molecule has 0 amide bonds. The predicted octanol–water partition coefficient (Wildman–Crippen LogP) is 3.39. The second-order valence-corrected chi connectivity index (χ2v) is 8.93. The Bertz CT molecular complexity index is 1080. The summed E-state index contributed by atoms with van der Waals surface area (Å²) in [7, 11) is -4.29. The van der Waals surface area contributed by atoms with Gasteiger partial charge in [-0.2, -0.15) is 8.42 Å². The van der Waals surface area contributed by atoms with Crippen molar-refractivity contribution in [2.75, 3.05) is 13.2 Å². The minimum atomic E-state index is -4.29. The van der Waals surface area contributed by atoms with Crippen molar-refractivity contribution >= 4 is 37.0 Å². The molecule has 2 aromatic carbocycles. The molecule has 0 aromatic heterocycles. The Kier molecular flexibility index (Phi) is 5.81. The maximum absolute atomic E-state index is 11.2. The Morgan fingerprint density at radius 2 is 1.79 bits per heavy atom. The average molecular weight is 431 g/mol. The normalized spacial score (nSPS) is 18.1. The topological polar surface area (TPSA) is 97.6 Å². The number of rotatable bonds is 7. The van der Waals surface area contributed by atoms with E-state index >= 15 is 0 Å². The molecule has 1 atom stereocenters. The first kappa shape index (κ1) is 19.8. The van der Waals surface area contributed by atoms with E-state index in [4.69, 9.17) is 14.0 Å². The maximum atomic E-state index is 11.2. The van der Waals surface area contributed by atoms with Crippen molar-refractivity contribution in [3.05, 3.63) is 71.8 Å². The molecule has 0 bridgehead atoms. The van der Waals surface area contributed by atoms with E-state index in [1.807, 2.05) is 54.6 Å². The molecule has 0 saturated carbocycles. The maximum Gasteiger partial charge on any atom is 0.318 e. The van der Waals surface area contributed by atoms with Gasteiger partial charge in [0, 0.05) is 5.56 Å².